The molecule has 2 aromatic heterocycles. The van der Waals surface area contributed by atoms with E-state index < -0.39 is 0 Å². The van der Waals surface area contributed by atoms with E-state index in [0.717, 1.165) is 21.9 Å². The lowest BCUT2D eigenvalue weighted by Gasteiger charge is -2.11. The predicted octanol–water partition coefficient (Wildman–Crippen LogP) is 4.98. The number of nitrogens with one attached hydrogen (secondary N) is 1. The van der Waals surface area contributed by atoms with E-state index in [0.29, 0.717) is 28.1 Å². The molecular weight excluding hydrogens is 424 g/mol. The number of aryl methyl sites for hydroxylation is 2. The summed E-state index contributed by atoms with van der Waals surface area (Å²) in [6.45, 7) is 4.40. The Labute approximate surface area is 184 Å². The van der Waals surface area contributed by atoms with E-state index in [4.69, 9.17) is 37.4 Å². The van der Waals surface area contributed by atoms with Crippen molar-refractivity contribution in [1.29, 1.82) is 0 Å². The Balaban J connectivity index is 1.42. The first-order chi connectivity index (χ1) is 14.4. The van der Waals surface area contributed by atoms with Gasteiger partial charge < -0.3 is 18.9 Å². The van der Waals surface area contributed by atoms with Crippen molar-refractivity contribution < 1.29 is 18.4 Å². The van der Waals surface area contributed by atoms with Gasteiger partial charge in [0.15, 0.2) is 5.11 Å². The van der Waals surface area contributed by atoms with Gasteiger partial charge in [-0.05, 0) is 73.6 Å². The fraction of sp³-hybridized carbons (Fsp3) is 0.182. The van der Waals surface area contributed by atoms with E-state index in [-0.39, 0.29) is 19.1 Å². The highest BCUT2D eigenvalue weighted by molar-refractivity contribution is 7.80. The van der Waals surface area contributed by atoms with Gasteiger partial charge in [-0.3, -0.25) is 9.69 Å². The lowest BCUT2D eigenvalue weighted by atomic mass is 10.1. The van der Waals surface area contributed by atoms with Crippen molar-refractivity contribution in [3.8, 4) is 5.75 Å². The molecular formula is C22H19ClN2O4S. The molecule has 0 bridgehead atoms. The summed E-state index contributed by atoms with van der Waals surface area (Å²) >= 11 is 11.5. The van der Waals surface area contributed by atoms with Gasteiger partial charge in [0.05, 0.1) is 12.8 Å². The van der Waals surface area contributed by atoms with Gasteiger partial charge in [0.2, 0.25) is 0 Å². The maximum absolute atomic E-state index is 12.6. The van der Waals surface area contributed by atoms with Crippen LogP contribution >= 0.6 is 23.8 Å². The number of hydrogen-bond acceptors (Lipinski definition) is 5. The third kappa shape index (κ3) is 4.27. The summed E-state index contributed by atoms with van der Waals surface area (Å²) in [6.07, 6.45) is 3.18. The van der Waals surface area contributed by atoms with Crippen molar-refractivity contribution in [2.24, 2.45) is 0 Å². The number of halogens is 1. The number of ether oxygens (including phenoxy) is 1. The van der Waals surface area contributed by atoms with Crippen LogP contribution < -0.4 is 10.1 Å². The van der Waals surface area contributed by atoms with E-state index in [9.17, 15) is 4.79 Å². The standard InChI is InChI=1S/C22H19ClN2O4S/c1-13-8-18(9-14(2)20(13)23)28-12-17-6-5-15(29-17)10-19-21(26)25(22(30)24-19)11-16-4-3-7-27-16/h3-10H,11-12H2,1-2H3,(H,24,30)/b19-10+. The number of amides is 1. The number of carbonyl (C=O) groups is 1. The first-order valence-corrected chi connectivity index (χ1v) is 10.0. The molecule has 1 aromatic carbocycles. The summed E-state index contributed by atoms with van der Waals surface area (Å²) < 4.78 is 16.9. The van der Waals surface area contributed by atoms with Gasteiger partial charge in [0.25, 0.3) is 5.91 Å². The average Bonchev–Trinajstić information content (AvgIpc) is 3.44. The molecule has 6 nitrogen and oxygen atoms in total. The molecule has 0 spiro atoms. The summed E-state index contributed by atoms with van der Waals surface area (Å²) in [7, 11) is 0. The predicted molar refractivity (Wildman–Crippen MR) is 117 cm³/mol. The molecule has 3 aromatic rings. The van der Waals surface area contributed by atoms with Crippen LogP contribution in [0.5, 0.6) is 5.75 Å². The molecule has 8 heteroatoms. The van der Waals surface area contributed by atoms with E-state index in [1.807, 2.05) is 26.0 Å². The average molecular weight is 443 g/mol. The van der Waals surface area contributed by atoms with Gasteiger partial charge in [0, 0.05) is 11.1 Å². The van der Waals surface area contributed by atoms with Crippen LogP contribution in [-0.2, 0) is 17.9 Å². The fourth-order valence-electron chi connectivity index (χ4n) is 3.11. The number of carbonyl (C=O) groups excluding carboxylic acids is 1. The van der Waals surface area contributed by atoms with Crippen LogP contribution in [0.1, 0.15) is 28.4 Å². The second-order valence-electron chi connectivity index (χ2n) is 6.92. The van der Waals surface area contributed by atoms with Crippen molar-refractivity contribution in [2.45, 2.75) is 27.0 Å². The zero-order valence-electron chi connectivity index (χ0n) is 16.4. The summed E-state index contributed by atoms with van der Waals surface area (Å²) in [6, 6.07) is 10.9. The highest BCUT2D eigenvalue weighted by atomic mass is 35.5. The van der Waals surface area contributed by atoms with E-state index in [1.54, 1.807) is 36.6 Å². The topological polar surface area (TPSA) is 67.8 Å². The van der Waals surface area contributed by atoms with E-state index >= 15 is 0 Å². The van der Waals surface area contributed by atoms with Crippen LogP contribution in [0.25, 0.3) is 6.08 Å². The van der Waals surface area contributed by atoms with E-state index in [1.165, 1.54) is 4.90 Å². The second-order valence-corrected chi connectivity index (χ2v) is 7.69. The molecule has 1 aliphatic rings. The Bertz CT molecular complexity index is 1110. The Morgan fingerprint density at radius 1 is 1.20 bits per heavy atom. The molecule has 0 radical (unpaired) electrons. The summed E-state index contributed by atoms with van der Waals surface area (Å²) in [5, 5.41) is 3.99. The Morgan fingerprint density at radius 2 is 1.97 bits per heavy atom. The summed E-state index contributed by atoms with van der Waals surface area (Å²) in [5.74, 6) is 2.29. The SMILES string of the molecule is Cc1cc(OCc2ccc(/C=C3/NC(=S)N(Cc4ccco4)C3=O)o2)cc(C)c1Cl. The molecule has 0 unspecified atom stereocenters. The van der Waals surface area contributed by atoms with Crippen molar-refractivity contribution >= 4 is 40.9 Å². The van der Waals surface area contributed by atoms with E-state index in [2.05, 4.69) is 5.32 Å². The molecule has 0 atom stereocenters. The third-order valence-electron chi connectivity index (χ3n) is 4.62. The Morgan fingerprint density at radius 3 is 2.67 bits per heavy atom. The van der Waals surface area contributed by atoms with Crippen LogP contribution in [-0.4, -0.2) is 15.9 Å². The number of nitrogens with zero attached hydrogens (tertiary/aromatic N) is 1. The lowest BCUT2D eigenvalue weighted by Crippen LogP contribution is -2.29. The van der Waals surface area contributed by atoms with Gasteiger partial charge in [-0.15, -0.1) is 0 Å². The first-order valence-electron chi connectivity index (χ1n) is 9.26. The maximum Gasteiger partial charge on any atom is 0.277 e. The molecule has 30 heavy (non-hydrogen) atoms. The number of benzene rings is 1. The second kappa shape index (κ2) is 8.38. The van der Waals surface area contributed by atoms with Crippen LogP contribution in [0.3, 0.4) is 0 Å². The number of thiocarbonyl (C=S) groups is 1. The van der Waals surface area contributed by atoms with Crippen LogP contribution in [0.2, 0.25) is 5.02 Å². The minimum Gasteiger partial charge on any atom is -0.486 e. The maximum atomic E-state index is 12.6. The number of furan rings is 2. The minimum atomic E-state index is -0.238. The van der Waals surface area contributed by atoms with Crippen molar-refractivity contribution in [3.05, 3.63) is 81.8 Å². The van der Waals surface area contributed by atoms with Gasteiger partial charge in [-0.1, -0.05) is 11.6 Å². The normalized spacial score (nSPS) is 15.2. The molecule has 1 N–H and O–H groups in total. The van der Waals surface area contributed by atoms with Crippen molar-refractivity contribution in [3.63, 3.8) is 0 Å². The largest absolute Gasteiger partial charge is 0.486 e. The molecule has 0 aliphatic carbocycles. The van der Waals surface area contributed by atoms with Crippen LogP contribution in [0, 0.1) is 13.8 Å². The molecule has 3 heterocycles. The Hall–Kier alpha value is -3.03. The monoisotopic (exact) mass is 442 g/mol. The summed E-state index contributed by atoms with van der Waals surface area (Å²) in [4.78, 5) is 14.1. The molecule has 0 saturated carbocycles. The van der Waals surface area contributed by atoms with Crippen LogP contribution in [0.15, 0.2) is 57.2 Å². The van der Waals surface area contributed by atoms with Gasteiger partial charge in [-0.25, -0.2) is 0 Å². The third-order valence-corrected chi connectivity index (χ3v) is 5.54. The highest BCUT2D eigenvalue weighted by Gasteiger charge is 2.31. The molecule has 4 rings (SSSR count). The molecule has 1 amide bonds. The lowest BCUT2D eigenvalue weighted by molar-refractivity contribution is -0.122. The Kier molecular flexibility index (Phi) is 5.65. The van der Waals surface area contributed by atoms with Gasteiger partial charge in [-0.2, -0.15) is 0 Å². The first kappa shape index (κ1) is 20.3. The smallest absolute Gasteiger partial charge is 0.277 e. The summed E-state index contributed by atoms with van der Waals surface area (Å²) in [5.41, 5.74) is 2.26. The van der Waals surface area contributed by atoms with Gasteiger partial charge in [0.1, 0.15) is 35.3 Å². The molecule has 1 aliphatic heterocycles. The molecule has 1 saturated heterocycles. The zero-order valence-corrected chi connectivity index (χ0v) is 18.0. The van der Waals surface area contributed by atoms with Crippen molar-refractivity contribution in [2.75, 3.05) is 0 Å². The molecule has 154 valence electrons. The van der Waals surface area contributed by atoms with Crippen molar-refractivity contribution in [1.82, 2.24) is 10.2 Å². The number of rotatable bonds is 6. The van der Waals surface area contributed by atoms with Crippen LogP contribution in [0.4, 0.5) is 0 Å². The quantitative estimate of drug-likeness (QED) is 0.429. The number of hydrogen-bond donors (Lipinski definition) is 1. The zero-order chi connectivity index (χ0) is 21.3. The fourth-order valence-corrected chi connectivity index (χ4v) is 3.48. The van der Waals surface area contributed by atoms with Gasteiger partial charge >= 0.3 is 0 Å². The highest BCUT2D eigenvalue weighted by Crippen LogP contribution is 2.27. The molecule has 1 fully saturated rings. The minimum absolute atomic E-state index is 0.238.